The first-order chi connectivity index (χ1) is 8.40. The van der Waals surface area contributed by atoms with Crippen molar-refractivity contribution in [2.45, 2.75) is 51.1 Å². The fourth-order valence-electron chi connectivity index (χ4n) is 2.72. The number of hydrogen-bond donors (Lipinski definition) is 2. The molecule has 2 N–H and O–H groups in total. The maximum absolute atomic E-state index is 12.2. The second-order valence-electron chi connectivity index (χ2n) is 5.36. The average Bonchev–Trinajstić information content (AvgIpc) is 2.26. The van der Waals surface area contributed by atoms with Crippen LogP contribution in [0.3, 0.4) is 0 Å². The Morgan fingerprint density at radius 1 is 1.33 bits per heavy atom. The Morgan fingerprint density at radius 2 is 2.00 bits per heavy atom. The summed E-state index contributed by atoms with van der Waals surface area (Å²) in [7, 11) is -3.66. The van der Waals surface area contributed by atoms with Gasteiger partial charge in [0.1, 0.15) is 6.04 Å². The first-order valence-electron chi connectivity index (χ1n) is 6.42. The highest BCUT2D eigenvalue weighted by Crippen LogP contribution is 2.28. The number of carbonyl (C=O) groups is 1. The first kappa shape index (κ1) is 13.8. The molecule has 1 unspecified atom stereocenters. The van der Waals surface area contributed by atoms with Crippen LogP contribution in [0.15, 0.2) is 0 Å². The van der Waals surface area contributed by atoms with Crippen LogP contribution < -0.4 is 4.72 Å². The zero-order valence-electron chi connectivity index (χ0n) is 10.5. The smallest absolute Gasteiger partial charge is 0.322 e. The minimum Gasteiger partial charge on any atom is -0.480 e. The Labute approximate surface area is 108 Å². The van der Waals surface area contributed by atoms with Crippen molar-refractivity contribution in [2.24, 2.45) is 5.92 Å². The molecule has 0 bridgehead atoms. The largest absolute Gasteiger partial charge is 0.480 e. The topological polar surface area (TPSA) is 86.7 Å². The molecule has 1 aliphatic heterocycles. The molecular formula is C11H20N2O4S. The van der Waals surface area contributed by atoms with E-state index >= 15 is 0 Å². The molecule has 1 saturated heterocycles. The van der Waals surface area contributed by atoms with Gasteiger partial charge in [0.25, 0.3) is 10.2 Å². The minimum absolute atomic E-state index is 0.0265. The van der Waals surface area contributed by atoms with Crippen molar-refractivity contribution in [1.29, 1.82) is 0 Å². The summed E-state index contributed by atoms with van der Waals surface area (Å²) in [5.41, 5.74) is 0. The maximum atomic E-state index is 12.2. The Hall–Kier alpha value is -0.660. The predicted molar refractivity (Wildman–Crippen MR) is 66.2 cm³/mol. The van der Waals surface area contributed by atoms with Crippen LogP contribution in [0, 0.1) is 5.92 Å². The van der Waals surface area contributed by atoms with Crippen molar-refractivity contribution in [1.82, 2.24) is 9.03 Å². The molecule has 2 rings (SSSR count). The summed E-state index contributed by atoms with van der Waals surface area (Å²) in [6.07, 6.45) is 3.57. The van der Waals surface area contributed by atoms with Gasteiger partial charge in [-0.1, -0.05) is 6.92 Å². The third-order valence-electron chi connectivity index (χ3n) is 3.74. The summed E-state index contributed by atoms with van der Waals surface area (Å²) in [6.45, 7) is 2.38. The van der Waals surface area contributed by atoms with E-state index in [4.69, 9.17) is 5.11 Å². The standard InChI is InChI=1S/C11H20N2O4S/c1-8-6-9(7-8)12-18(16,17)13-5-3-2-4-10(13)11(14)15/h8-10,12H,2-7H2,1H3,(H,14,15). The molecule has 7 heteroatoms. The van der Waals surface area contributed by atoms with Crippen LogP contribution in [0.5, 0.6) is 0 Å². The number of piperidine rings is 1. The highest BCUT2D eigenvalue weighted by molar-refractivity contribution is 7.87. The Morgan fingerprint density at radius 3 is 2.56 bits per heavy atom. The van der Waals surface area contributed by atoms with Crippen molar-refractivity contribution >= 4 is 16.2 Å². The highest BCUT2D eigenvalue weighted by atomic mass is 32.2. The van der Waals surface area contributed by atoms with E-state index in [-0.39, 0.29) is 6.04 Å². The van der Waals surface area contributed by atoms with Gasteiger partial charge in [-0.25, -0.2) is 0 Å². The van der Waals surface area contributed by atoms with E-state index in [0.717, 1.165) is 30.0 Å². The van der Waals surface area contributed by atoms with E-state index in [1.165, 1.54) is 0 Å². The predicted octanol–water partition coefficient (Wildman–Crippen LogP) is 0.558. The van der Waals surface area contributed by atoms with Crippen LogP contribution in [-0.4, -0.2) is 42.4 Å². The lowest BCUT2D eigenvalue weighted by atomic mass is 9.83. The average molecular weight is 276 g/mol. The summed E-state index contributed by atoms with van der Waals surface area (Å²) < 4.78 is 28.0. The summed E-state index contributed by atoms with van der Waals surface area (Å²) in [5, 5.41) is 9.09. The van der Waals surface area contributed by atoms with Crippen molar-refractivity contribution in [3.8, 4) is 0 Å². The van der Waals surface area contributed by atoms with E-state index in [2.05, 4.69) is 11.6 Å². The number of nitrogens with zero attached hydrogens (tertiary/aromatic N) is 1. The van der Waals surface area contributed by atoms with Gasteiger partial charge in [0.05, 0.1) is 0 Å². The lowest BCUT2D eigenvalue weighted by Crippen LogP contribution is -2.55. The summed E-state index contributed by atoms with van der Waals surface area (Å²) in [6, 6.07) is -0.935. The molecule has 18 heavy (non-hydrogen) atoms. The molecule has 0 spiro atoms. The molecule has 104 valence electrons. The van der Waals surface area contributed by atoms with Crippen LogP contribution in [-0.2, 0) is 15.0 Å². The molecule has 6 nitrogen and oxygen atoms in total. The van der Waals surface area contributed by atoms with Crippen molar-refractivity contribution in [3.05, 3.63) is 0 Å². The molecule has 2 aliphatic rings. The van der Waals surface area contributed by atoms with Gasteiger partial charge in [0.2, 0.25) is 0 Å². The maximum Gasteiger partial charge on any atom is 0.322 e. The van der Waals surface area contributed by atoms with E-state index in [9.17, 15) is 13.2 Å². The zero-order valence-corrected chi connectivity index (χ0v) is 11.3. The van der Waals surface area contributed by atoms with Gasteiger partial charge < -0.3 is 5.11 Å². The number of nitrogens with one attached hydrogen (secondary N) is 1. The van der Waals surface area contributed by atoms with E-state index < -0.39 is 22.2 Å². The number of carboxylic acid groups (broad SMARTS) is 1. The molecule has 1 aliphatic carbocycles. The second kappa shape index (κ2) is 5.14. The Kier molecular flexibility index (Phi) is 3.93. The quantitative estimate of drug-likeness (QED) is 0.785. The van der Waals surface area contributed by atoms with Crippen molar-refractivity contribution < 1.29 is 18.3 Å². The first-order valence-corrected chi connectivity index (χ1v) is 7.86. The van der Waals surface area contributed by atoms with Gasteiger partial charge in [-0.3, -0.25) is 4.79 Å². The third-order valence-corrected chi connectivity index (χ3v) is 5.42. The van der Waals surface area contributed by atoms with E-state index in [1.54, 1.807) is 0 Å². The fourth-order valence-corrected chi connectivity index (χ4v) is 4.37. The molecule has 1 saturated carbocycles. The Bertz CT molecular complexity index is 417. The van der Waals surface area contributed by atoms with Gasteiger partial charge in [0.15, 0.2) is 0 Å². The zero-order chi connectivity index (χ0) is 13.3. The lowest BCUT2D eigenvalue weighted by Gasteiger charge is -2.37. The summed E-state index contributed by atoms with van der Waals surface area (Å²) >= 11 is 0. The van der Waals surface area contributed by atoms with Crippen LogP contribution >= 0.6 is 0 Å². The molecule has 0 radical (unpaired) electrons. The normalized spacial score (nSPS) is 33.9. The fraction of sp³-hybridized carbons (Fsp3) is 0.909. The number of aliphatic carboxylic acids is 1. The van der Waals surface area contributed by atoms with Gasteiger partial charge in [-0.2, -0.15) is 17.4 Å². The third kappa shape index (κ3) is 2.84. The van der Waals surface area contributed by atoms with Crippen LogP contribution in [0.2, 0.25) is 0 Å². The van der Waals surface area contributed by atoms with Crippen LogP contribution in [0.4, 0.5) is 0 Å². The minimum atomic E-state index is -3.66. The molecule has 0 aromatic rings. The van der Waals surface area contributed by atoms with E-state index in [0.29, 0.717) is 18.9 Å². The summed E-state index contributed by atoms with van der Waals surface area (Å²) in [4.78, 5) is 11.1. The van der Waals surface area contributed by atoms with Gasteiger partial charge in [-0.15, -0.1) is 0 Å². The molecule has 2 fully saturated rings. The molecule has 0 aromatic heterocycles. The number of hydrogen-bond acceptors (Lipinski definition) is 3. The molecular weight excluding hydrogens is 256 g/mol. The second-order valence-corrected chi connectivity index (χ2v) is 7.01. The summed E-state index contributed by atoms with van der Waals surface area (Å²) in [5.74, 6) is -0.503. The molecule has 1 atom stereocenters. The van der Waals surface area contributed by atoms with Gasteiger partial charge >= 0.3 is 5.97 Å². The van der Waals surface area contributed by atoms with Crippen molar-refractivity contribution in [2.75, 3.05) is 6.54 Å². The molecule has 1 heterocycles. The molecule has 0 amide bonds. The van der Waals surface area contributed by atoms with Gasteiger partial charge in [0, 0.05) is 12.6 Å². The van der Waals surface area contributed by atoms with E-state index in [1.807, 2.05) is 0 Å². The monoisotopic (exact) mass is 276 g/mol. The van der Waals surface area contributed by atoms with Crippen LogP contribution in [0.1, 0.15) is 39.0 Å². The molecule has 0 aromatic carbocycles. The Balaban J connectivity index is 2.04. The SMILES string of the molecule is CC1CC(NS(=O)(=O)N2CCCCC2C(=O)O)C1. The number of rotatable bonds is 4. The number of carboxylic acids is 1. The van der Waals surface area contributed by atoms with Crippen molar-refractivity contribution in [3.63, 3.8) is 0 Å². The van der Waals surface area contributed by atoms with Crippen LogP contribution in [0.25, 0.3) is 0 Å². The van der Waals surface area contributed by atoms with Gasteiger partial charge in [-0.05, 0) is 38.0 Å². The highest BCUT2D eigenvalue weighted by Gasteiger charge is 2.39. The lowest BCUT2D eigenvalue weighted by molar-refractivity contribution is -0.142.